The van der Waals surface area contributed by atoms with Crippen LogP contribution in [0.5, 0.6) is 5.75 Å². The van der Waals surface area contributed by atoms with Crippen molar-refractivity contribution in [2.24, 2.45) is 0 Å². The van der Waals surface area contributed by atoms with Gasteiger partial charge in [-0.25, -0.2) is 0 Å². The lowest BCUT2D eigenvalue weighted by Gasteiger charge is -2.23. The zero-order valence-electron chi connectivity index (χ0n) is 11.6. The van der Waals surface area contributed by atoms with Gasteiger partial charge in [0.1, 0.15) is 11.4 Å². The summed E-state index contributed by atoms with van der Waals surface area (Å²) >= 11 is 7.80. The summed E-state index contributed by atoms with van der Waals surface area (Å²) in [5.74, 6) is 0.906. The molecule has 0 aliphatic carbocycles. The van der Waals surface area contributed by atoms with Crippen LogP contribution >= 0.6 is 22.9 Å². The Morgan fingerprint density at radius 3 is 2.90 bits per heavy atom. The fraction of sp³-hybridized carbons (Fsp3) is 0.375. The maximum absolute atomic E-state index is 10.8. The second kappa shape index (κ2) is 5.06. The predicted molar refractivity (Wildman–Crippen MR) is 83.0 cm³/mol. The molecule has 1 aliphatic heterocycles. The van der Waals surface area contributed by atoms with E-state index in [0.717, 1.165) is 28.2 Å². The van der Waals surface area contributed by atoms with Crippen molar-refractivity contribution in [1.82, 2.24) is 0 Å². The van der Waals surface area contributed by atoms with Crippen molar-refractivity contribution in [2.45, 2.75) is 32.3 Å². The quantitative estimate of drug-likeness (QED) is 0.925. The van der Waals surface area contributed by atoms with Crippen LogP contribution in [0, 0.1) is 6.92 Å². The smallest absolute Gasteiger partial charge is 0.126 e. The lowest BCUT2D eigenvalue weighted by Crippen LogP contribution is -2.23. The first-order valence-electron chi connectivity index (χ1n) is 6.69. The van der Waals surface area contributed by atoms with Gasteiger partial charge in [-0.2, -0.15) is 0 Å². The molecular weight excluding hydrogens is 292 g/mol. The van der Waals surface area contributed by atoms with E-state index >= 15 is 0 Å². The monoisotopic (exact) mass is 308 g/mol. The van der Waals surface area contributed by atoms with Crippen LogP contribution in [-0.2, 0) is 18.4 Å². The van der Waals surface area contributed by atoms with Gasteiger partial charge in [-0.15, -0.1) is 11.3 Å². The number of thiophene rings is 1. The molecule has 1 aliphatic rings. The van der Waals surface area contributed by atoms with Gasteiger partial charge in [-0.05, 0) is 49.2 Å². The molecule has 2 heterocycles. The first kappa shape index (κ1) is 13.9. The van der Waals surface area contributed by atoms with Crippen molar-refractivity contribution in [3.8, 4) is 5.75 Å². The number of hydrogen-bond donors (Lipinski definition) is 1. The van der Waals surface area contributed by atoms with E-state index in [1.165, 1.54) is 4.88 Å². The van der Waals surface area contributed by atoms with E-state index in [1.54, 1.807) is 11.3 Å². The highest BCUT2D eigenvalue weighted by atomic mass is 35.5. The van der Waals surface area contributed by atoms with E-state index in [2.05, 4.69) is 0 Å². The highest BCUT2D eigenvalue weighted by Crippen LogP contribution is 2.38. The summed E-state index contributed by atoms with van der Waals surface area (Å²) in [5.41, 5.74) is 1.23. The van der Waals surface area contributed by atoms with Crippen molar-refractivity contribution in [3.63, 3.8) is 0 Å². The average molecular weight is 309 g/mol. The zero-order valence-corrected chi connectivity index (χ0v) is 13.1. The second-order valence-corrected chi connectivity index (χ2v) is 7.24. The lowest BCUT2D eigenvalue weighted by atomic mass is 9.93. The maximum atomic E-state index is 10.8. The van der Waals surface area contributed by atoms with Crippen LogP contribution in [0.3, 0.4) is 0 Å². The van der Waals surface area contributed by atoms with Crippen molar-refractivity contribution >= 4 is 22.9 Å². The molecule has 1 atom stereocenters. The van der Waals surface area contributed by atoms with Crippen molar-refractivity contribution in [1.29, 1.82) is 0 Å². The van der Waals surface area contributed by atoms with Gasteiger partial charge in [-0.3, -0.25) is 0 Å². The van der Waals surface area contributed by atoms with Gasteiger partial charge in [0.25, 0.3) is 0 Å². The number of ether oxygens (including phenoxy) is 1. The van der Waals surface area contributed by atoms with Crippen LogP contribution in [0.1, 0.15) is 27.8 Å². The predicted octanol–water partition coefficient (Wildman–Crippen LogP) is 4.10. The van der Waals surface area contributed by atoms with Crippen LogP contribution in [-0.4, -0.2) is 11.7 Å². The van der Waals surface area contributed by atoms with Crippen LogP contribution in [0.15, 0.2) is 24.3 Å². The van der Waals surface area contributed by atoms with Gasteiger partial charge < -0.3 is 9.84 Å². The van der Waals surface area contributed by atoms with Crippen molar-refractivity contribution in [3.05, 3.63) is 50.2 Å². The van der Waals surface area contributed by atoms with E-state index < -0.39 is 5.60 Å². The van der Waals surface area contributed by atoms with E-state index in [9.17, 15) is 5.11 Å². The number of fused-ring (bicyclic) bond motifs is 1. The number of aryl methyl sites for hydroxylation is 1. The minimum atomic E-state index is -0.899. The fourth-order valence-corrected chi connectivity index (χ4v) is 3.83. The Morgan fingerprint density at radius 1 is 1.40 bits per heavy atom. The highest BCUT2D eigenvalue weighted by Gasteiger charge is 2.28. The second-order valence-electron chi connectivity index (χ2n) is 5.51. The third kappa shape index (κ3) is 2.58. The fourth-order valence-electron chi connectivity index (χ4n) is 2.66. The largest absolute Gasteiger partial charge is 0.493 e. The molecule has 0 saturated heterocycles. The van der Waals surface area contributed by atoms with Gasteiger partial charge in [0, 0.05) is 27.6 Å². The average Bonchev–Trinajstić information content (AvgIpc) is 2.97. The van der Waals surface area contributed by atoms with Gasteiger partial charge in [0.15, 0.2) is 0 Å². The number of hydrogen-bond acceptors (Lipinski definition) is 3. The molecule has 1 unspecified atom stereocenters. The SMILES string of the molecule is Cc1ccc(C(C)(O)Cc2cc(Cl)cc3c2OCC3)s1. The first-order valence-corrected chi connectivity index (χ1v) is 7.88. The van der Waals surface area contributed by atoms with Crippen LogP contribution in [0.2, 0.25) is 5.02 Å². The normalized spacial score (nSPS) is 16.6. The third-order valence-corrected chi connectivity index (χ3v) is 5.10. The minimum Gasteiger partial charge on any atom is -0.493 e. The topological polar surface area (TPSA) is 29.5 Å². The minimum absolute atomic E-state index is 0.510. The summed E-state index contributed by atoms with van der Waals surface area (Å²) in [5, 5.41) is 11.5. The summed E-state index contributed by atoms with van der Waals surface area (Å²) < 4.78 is 5.71. The molecule has 0 bridgehead atoms. The van der Waals surface area contributed by atoms with Crippen LogP contribution < -0.4 is 4.74 Å². The third-order valence-electron chi connectivity index (χ3n) is 3.63. The Morgan fingerprint density at radius 2 is 2.20 bits per heavy atom. The number of rotatable bonds is 3. The van der Waals surface area contributed by atoms with E-state index in [-0.39, 0.29) is 0 Å². The molecule has 106 valence electrons. The Kier molecular flexibility index (Phi) is 3.53. The Balaban J connectivity index is 1.95. The molecule has 0 amide bonds. The summed E-state index contributed by atoms with van der Waals surface area (Å²) in [6.07, 6.45) is 1.40. The summed E-state index contributed by atoms with van der Waals surface area (Å²) in [6, 6.07) is 7.89. The molecule has 0 fully saturated rings. The molecular formula is C16H17ClO2S. The molecule has 2 nitrogen and oxygen atoms in total. The molecule has 20 heavy (non-hydrogen) atoms. The van der Waals surface area contributed by atoms with E-state index in [0.29, 0.717) is 18.1 Å². The van der Waals surface area contributed by atoms with E-state index in [1.807, 2.05) is 38.1 Å². The Labute approximate surface area is 128 Å². The van der Waals surface area contributed by atoms with Crippen LogP contribution in [0.25, 0.3) is 0 Å². The molecule has 3 rings (SSSR count). The molecule has 0 saturated carbocycles. The van der Waals surface area contributed by atoms with Gasteiger partial charge in [-0.1, -0.05) is 11.6 Å². The molecule has 1 aromatic heterocycles. The Hall–Kier alpha value is -1.03. The first-order chi connectivity index (χ1) is 9.45. The molecule has 1 aromatic carbocycles. The standard InChI is InChI=1S/C16H17ClO2S/c1-10-3-4-14(20-10)16(2,18)9-12-8-13(17)7-11-5-6-19-15(11)12/h3-4,7-8,18H,5-6,9H2,1-2H3. The summed E-state index contributed by atoms with van der Waals surface area (Å²) in [7, 11) is 0. The molecule has 0 radical (unpaired) electrons. The summed E-state index contributed by atoms with van der Waals surface area (Å²) in [6.45, 7) is 4.59. The van der Waals surface area contributed by atoms with Gasteiger partial charge >= 0.3 is 0 Å². The number of halogens is 1. The molecule has 2 aromatic rings. The van der Waals surface area contributed by atoms with Crippen molar-refractivity contribution in [2.75, 3.05) is 6.61 Å². The lowest BCUT2D eigenvalue weighted by molar-refractivity contribution is 0.0608. The highest BCUT2D eigenvalue weighted by molar-refractivity contribution is 7.12. The summed E-state index contributed by atoms with van der Waals surface area (Å²) in [4.78, 5) is 2.18. The Bertz CT molecular complexity index is 646. The zero-order chi connectivity index (χ0) is 14.3. The van der Waals surface area contributed by atoms with Gasteiger partial charge in [0.05, 0.1) is 6.61 Å². The van der Waals surface area contributed by atoms with Crippen LogP contribution in [0.4, 0.5) is 0 Å². The number of aliphatic hydroxyl groups is 1. The maximum Gasteiger partial charge on any atom is 0.126 e. The number of benzene rings is 1. The van der Waals surface area contributed by atoms with Gasteiger partial charge in [0.2, 0.25) is 0 Å². The van der Waals surface area contributed by atoms with E-state index in [4.69, 9.17) is 16.3 Å². The molecule has 4 heteroatoms. The molecule has 0 spiro atoms. The van der Waals surface area contributed by atoms with Crippen molar-refractivity contribution < 1.29 is 9.84 Å². The molecule has 1 N–H and O–H groups in total.